The molecule has 7 heteroatoms. The number of aromatic nitrogens is 3. The summed E-state index contributed by atoms with van der Waals surface area (Å²) in [6.07, 6.45) is 1.33. The van der Waals surface area contributed by atoms with E-state index in [1.54, 1.807) is 12.1 Å². The highest BCUT2D eigenvalue weighted by Gasteiger charge is 2.13. The minimum atomic E-state index is -0.616. The Labute approximate surface area is 137 Å². The monoisotopic (exact) mass is 327 g/mol. The van der Waals surface area contributed by atoms with E-state index in [1.807, 2.05) is 30.3 Å². The van der Waals surface area contributed by atoms with E-state index >= 15 is 0 Å². The Morgan fingerprint density at radius 3 is 2.58 bits per heavy atom. The van der Waals surface area contributed by atoms with Crippen molar-refractivity contribution in [1.82, 2.24) is 15.0 Å². The van der Waals surface area contributed by atoms with Gasteiger partial charge in [0.25, 0.3) is 0 Å². The van der Waals surface area contributed by atoms with Crippen LogP contribution >= 0.6 is 0 Å². The van der Waals surface area contributed by atoms with Gasteiger partial charge in [-0.25, -0.2) is 9.18 Å². The zero-order valence-corrected chi connectivity index (χ0v) is 12.6. The van der Waals surface area contributed by atoms with Crippen LogP contribution in [0.5, 0.6) is 5.75 Å². The fourth-order valence-corrected chi connectivity index (χ4v) is 1.96. The third-order valence-electron chi connectivity index (χ3n) is 3.10. The average Bonchev–Trinajstić information content (AvgIpc) is 3.11. The topological polar surface area (TPSA) is 66.2 Å². The number of halogens is 1. The van der Waals surface area contributed by atoms with Gasteiger partial charge in [-0.15, -0.1) is 5.10 Å². The minimum absolute atomic E-state index is 0.0225. The van der Waals surface area contributed by atoms with E-state index < -0.39 is 11.8 Å². The summed E-state index contributed by atoms with van der Waals surface area (Å²) in [5, 5.41) is 8.08. The van der Waals surface area contributed by atoms with Gasteiger partial charge >= 0.3 is 5.97 Å². The third-order valence-corrected chi connectivity index (χ3v) is 3.10. The lowest BCUT2D eigenvalue weighted by molar-refractivity contribution is 0.0441. The van der Waals surface area contributed by atoms with Crippen LogP contribution in [0.15, 0.2) is 60.8 Å². The molecule has 0 unspecified atom stereocenters. The van der Waals surface area contributed by atoms with Crippen LogP contribution < -0.4 is 4.74 Å². The summed E-state index contributed by atoms with van der Waals surface area (Å²) in [6.45, 7) is 0.0187. The second-order valence-corrected chi connectivity index (χ2v) is 4.77. The molecule has 122 valence electrons. The van der Waals surface area contributed by atoms with Crippen LogP contribution in [0, 0.1) is 5.82 Å². The molecule has 0 atom stereocenters. The summed E-state index contributed by atoms with van der Waals surface area (Å²) in [6, 6.07) is 15.2. The van der Waals surface area contributed by atoms with Crippen LogP contribution in [0.1, 0.15) is 10.5 Å². The van der Waals surface area contributed by atoms with Crippen molar-refractivity contribution in [2.24, 2.45) is 0 Å². The minimum Gasteiger partial charge on any atom is -0.487 e. The number of hydrogen-bond acceptors (Lipinski definition) is 5. The lowest BCUT2D eigenvalue weighted by atomic mass is 10.3. The van der Waals surface area contributed by atoms with Gasteiger partial charge in [-0.2, -0.15) is 9.90 Å². The average molecular weight is 327 g/mol. The smallest absolute Gasteiger partial charge is 0.360 e. The van der Waals surface area contributed by atoms with E-state index in [1.165, 1.54) is 23.1 Å². The Kier molecular flexibility index (Phi) is 4.81. The molecule has 0 saturated heterocycles. The lowest BCUT2D eigenvalue weighted by Gasteiger charge is -2.07. The number of hydrogen-bond donors (Lipinski definition) is 0. The second-order valence-electron chi connectivity index (χ2n) is 4.77. The number of esters is 1. The first-order valence-electron chi connectivity index (χ1n) is 7.26. The molecule has 3 aromatic rings. The normalized spacial score (nSPS) is 10.4. The molecule has 0 aliphatic rings. The zero-order valence-electron chi connectivity index (χ0n) is 12.6. The van der Waals surface area contributed by atoms with Crippen LogP contribution in [0.2, 0.25) is 0 Å². The maximum Gasteiger partial charge on any atom is 0.360 e. The quantitative estimate of drug-likeness (QED) is 0.514. The molecular weight excluding hydrogens is 313 g/mol. The van der Waals surface area contributed by atoms with E-state index in [4.69, 9.17) is 9.47 Å². The van der Waals surface area contributed by atoms with Crippen LogP contribution in [-0.2, 0) is 4.74 Å². The van der Waals surface area contributed by atoms with E-state index in [0.717, 1.165) is 5.69 Å². The van der Waals surface area contributed by atoms with Crippen molar-refractivity contribution >= 4 is 5.97 Å². The first-order chi connectivity index (χ1) is 11.7. The number of ether oxygens (including phenoxy) is 2. The molecule has 0 radical (unpaired) electrons. The standard InChI is InChI=1S/C17H14FN3O3/c18-14-8-4-5-9-16(14)23-10-11-24-17(22)15-12-19-21(20-15)13-6-2-1-3-7-13/h1-9,12H,10-11H2. The van der Waals surface area contributed by atoms with E-state index in [0.29, 0.717) is 0 Å². The van der Waals surface area contributed by atoms with Gasteiger partial charge in [-0.3, -0.25) is 0 Å². The van der Waals surface area contributed by atoms with Crippen molar-refractivity contribution < 1.29 is 18.7 Å². The highest BCUT2D eigenvalue weighted by molar-refractivity contribution is 5.86. The molecule has 24 heavy (non-hydrogen) atoms. The number of benzene rings is 2. The molecule has 0 amide bonds. The van der Waals surface area contributed by atoms with Gasteiger partial charge in [-0.05, 0) is 24.3 Å². The van der Waals surface area contributed by atoms with Crippen molar-refractivity contribution in [2.75, 3.05) is 13.2 Å². The van der Waals surface area contributed by atoms with Gasteiger partial charge in [0.1, 0.15) is 13.2 Å². The molecule has 0 bridgehead atoms. The second kappa shape index (κ2) is 7.36. The van der Waals surface area contributed by atoms with E-state index in [9.17, 15) is 9.18 Å². The highest BCUT2D eigenvalue weighted by atomic mass is 19.1. The van der Waals surface area contributed by atoms with E-state index in [-0.39, 0.29) is 24.7 Å². The molecule has 0 N–H and O–H groups in total. The summed E-state index contributed by atoms with van der Waals surface area (Å²) in [5.74, 6) is -0.965. The molecule has 6 nitrogen and oxygen atoms in total. The van der Waals surface area contributed by atoms with Gasteiger partial charge in [0.05, 0.1) is 11.9 Å². The molecule has 0 aliphatic heterocycles. The number of carbonyl (C=O) groups is 1. The molecule has 3 rings (SSSR count). The summed E-state index contributed by atoms with van der Waals surface area (Å²) in [4.78, 5) is 13.2. The Bertz CT molecular complexity index is 821. The summed E-state index contributed by atoms with van der Waals surface area (Å²) < 4.78 is 23.6. The van der Waals surface area contributed by atoms with E-state index in [2.05, 4.69) is 10.2 Å². The maximum atomic E-state index is 13.4. The molecule has 0 saturated carbocycles. The van der Waals surface area contributed by atoms with Crippen molar-refractivity contribution in [3.8, 4) is 11.4 Å². The molecule has 1 heterocycles. The number of rotatable bonds is 6. The SMILES string of the molecule is O=C(OCCOc1ccccc1F)c1cnn(-c2ccccc2)n1. The van der Waals surface area contributed by atoms with Crippen LogP contribution in [0.3, 0.4) is 0 Å². The van der Waals surface area contributed by atoms with Crippen molar-refractivity contribution in [2.45, 2.75) is 0 Å². The summed E-state index contributed by atoms with van der Waals surface area (Å²) in [5.41, 5.74) is 0.823. The van der Waals surface area contributed by atoms with Crippen LogP contribution in [0.4, 0.5) is 4.39 Å². The Morgan fingerprint density at radius 2 is 1.79 bits per heavy atom. The Balaban J connectivity index is 1.51. The Morgan fingerprint density at radius 1 is 1.04 bits per heavy atom. The number of carbonyl (C=O) groups excluding carboxylic acids is 1. The molecular formula is C17H14FN3O3. The fraction of sp³-hybridized carbons (Fsp3) is 0.118. The van der Waals surface area contributed by atoms with Crippen LogP contribution in [0.25, 0.3) is 5.69 Å². The summed E-state index contributed by atoms with van der Waals surface area (Å²) in [7, 11) is 0. The summed E-state index contributed by atoms with van der Waals surface area (Å²) >= 11 is 0. The number of para-hydroxylation sites is 2. The molecule has 0 aliphatic carbocycles. The molecule has 0 spiro atoms. The predicted octanol–water partition coefficient (Wildman–Crippen LogP) is 2.64. The third kappa shape index (κ3) is 3.75. The van der Waals surface area contributed by atoms with Crippen molar-refractivity contribution in [1.29, 1.82) is 0 Å². The Hall–Kier alpha value is -3.22. The van der Waals surface area contributed by atoms with Gasteiger partial charge < -0.3 is 9.47 Å². The maximum absolute atomic E-state index is 13.4. The van der Waals surface area contributed by atoms with Gasteiger partial charge in [0.15, 0.2) is 17.3 Å². The molecule has 2 aromatic carbocycles. The van der Waals surface area contributed by atoms with Gasteiger partial charge in [0, 0.05) is 0 Å². The van der Waals surface area contributed by atoms with Crippen LogP contribution in [-0.4, -0.2) is 34.2 Å². The largest absolute Gasteiger partial charge is 0.487 e. The fourth-order valence-electron chi connectivity index (χ4n) is 1.96. The zero-order chi connectivity index (χ0) is 16.8. The molecule has 0 fully saturated rings. The van der Waals surface area contributed by atoms with Gasteiger partial charge in [0.2, 0.25) is 0 Å². The first kappa shape index (κ1) is 15.7. The highest BCUT2D eigenvalue weighted by Crippen LogP contribution is 2.15. The van der Waals surface area contributed by atoms with Crippen molar-refractivity contribution in [3.63, 3.8) is 0 Å². The number of nitrogens with zero attached hydrogens (tertiary/aromatic N) is 3. The lowest BCUT2D eigenvalue weighted by Crippen LogP contribution is -2.13. The first-order valence-corrected chi connectivity index (χ1v) is 7.26. The van der Waals surface area contributed by atoms with Crippen molar-refractivity contribution in [3.05, 3.63) is 72.3 Å². The molecule has 1 aromatic heterocycles. The predicted molar refractivity (Wildman–Crippen MR) is 83.5 cm³/mol. The van der Waals surface area contributed by atoms with Gasteiger partial charge in [-0.1, -0.05) is 30.3 Å².